The second kappa shape index (κ2) is 6.58. The first kappa shape index (κ1) is 14.6. The monoisotopic (exact) mass is 269 g/mol. The van der Waals surface area contributed by atoms with Crippen LogP contribution in [0.1, 0.15) is 42.6 Å². The fraction of sp³-hybridized carbons (Fsp3) is 0.333. The molecule has 106 valence electrons. The molecule has 0 fully saturated rings. The van der Waals surface area contributed by atoms with Crippen LogP contribution in [0.5, 0.6) is 5.75 Å². The Kier molecular flexibility index (Phi) is 4.80. The van der Waals surface area contributed by atoms with Gasteiger partial charge in [-0.25, -0.2) is 0 Å². The largest absolute Gasteiger partial charge is 0.484 e. The Balaban J connectivity index is 2.11. The second-order valence-corrected chi connectivity index (χ2v) is 5.48. The summed E-state index contributed by atoms with van der Waals surface area (Å²) in [5, 5.41) is 0. The molecule has 0 heterocycles. The molecule has 0 aliphatic heterocycles. The highest BCUT2D eigenvalue weighted by atomic mass is 16.5. The molecule has 2 aromatic rings. The summed E-state index contributed by atoms with van der Waals surface area (Å²) in [4.78, 5) is 0. The quantitative estimate of drug-likeness (QED) is 0.883. The van der Waals surface area contributed by atoms with E-state index in [1.54, 1.807) is 0 Å². The van der Waals surface area contributed by atoms with E-state index in [9.17, 15) is 0 Å². The molecule has 1 atom stereocenters. The summed E-state index contributed by atoms with van der Waals surface area (Å²) in [5.74, 6) is 1.40. The Morgan fingerprint density at radius 1 is 0.900 bits per heavy atom. The molecule has 0 radical (unpaired) electrons. The second-order valence-electron chi connectivity index (χ2n) is 5.48. The zero-order valence-corrected chi connectivity index (χ0v) is 12.5. The molecule has 0 aliphatic rings. The lowest BCUT2D eigenvalue weighted by molar-refractivity contribution is 0.214. The minimum absolute atomic E-state index is 0.0968. The van der Waals surface area contributed by atoms with Gasteiger partial charge in [0, 0.05) is 6.54 Å². The highest BCUT2D eigenvalue weighted by Gasteiger charge is 2.11. The molecule has 2 N–H and O–H groups in total. The van der Waals surface area contributed by atoms with Crippen molar-refractivity contribution in [2.45, 2.75) is 32.8 Å². The predicted octanol–water partition coefficient (Wildman–Crippen LogP) is 4.20. The zero-order valence-electron chi connectivity index (χ0n) is 12.5. The Morgan fingerprint density at radius 3 is 1.95 bits per heavy atom. The maximum Gasteiger partial charge on any atom is 0.136 e. The minimum atomic E-state index is -0.0968. The Bertz CT molecular complexity index is 528. The van der Waals surface area contributed by atoms with Crippen LogP contribution in [0.4, 0.5) is 0 Å². The van der Waals surface area contributed by atoms with Crippen LogP contribution in [0.2, 0.25) is 0 Å². The number of ether oxygens (including phenoxy) is 1. The van der Waals surface area contributed by atoms with Gasteiger partial charge in [-0.2, -0.15) is 0 Å². The first-order valence-corrected chi connectivity index (χ1v) is 7.13. The van der Waals surface area contributed by atoms with Gasteiger partial charge in [0.25, 0.3) is 0 Å². The number of aryl methyl sites for hydroxylation is 1. The fourth-order valence-corrected chi connectivity index (χ4v) is 2.13. The molecule has 0 spiro atoms. The van der Waals surface area contributed by atoms with E-state index in [1.165, 1.54) is 11.1 Å². The molecule has 0 saturated carbocycles. The first-order valence-electron chi connectivity index (χ1n) is 7.13. The number of hydrogen-bond donors (Lipinski definition) is 1. The van der Waals surface area contributed by atoms with Crippen LogP contribution in [-0.2, 0) is 0 Å². The molecule has 2 heteroatoms. The maximum absolute atomic E-state index is 6.00. The van der Waals surface area contributed by atoms with Crippen molar-refractivity contribution in [3.05, 3.63) is 65.2 Å². The van der Waals surface area contributed by atoms with E-state index in [-0.39, 0.29) is 6.10 Å². The summed E-state index contributed by atoms with van der Waals surface area (Å²) in [7, 11) is 0. The summed E-state index contributed by atoms with van der Waals surface area (Å²) in [6.07, 6.45) is -0.0968. The number of nitrogens with two attached hydrogens (primary N) is 1. The topological polar surface area (TPSA) is 35.2 Å². The minimum Gasteiger partial charge on any atom is -0.484 e. The third-order valence-corrected chi connectivity index (χ3v) is 3.49. The van der Waals surface area contributed by atoms with Crippen LogP contribution < -0.4 is 10.5 Å². The molecule has 2 rings (SSSR count). The van der Waals surface area contributed by atoms with Crippen LogP contribution in [0.3, 0.4) is 0 Å². The van der Waals surface area contributed by atoms with Crippen LogP contribution in [0, 0.1) is 6.92 Å². The van der Waals surface area contributed by atoms with Gasteiger partial charge in [0.1, 0.15) is 11.9 Å². The Morgan fingerprint density at radius 2 is 1.45 bits per heavy atom. The van der Waals surface area contributed by atoms with Crippen molar-refractivity contribution in [1.29, 1.82) is 0 Å². The van der Waals surface area contributed by atoms with Gasteiger partial charge >= 0.3 is 0 Å². The highest BCUT2D eigenvalue weighted by Crippen LogP contribution is 2.24. The number of hydrogen-bond acceptors (Lipinski definition) is 2. The van der Waals surface area contributed by atoms with Crippen molar-refractivity contribution < 1.29 is 4.74 Å². The van der Waals surface area contributed by atoms with Crippen LogP contribution in [-0.4, -0.2) is 6.54 Å². The van der Waals surface area contributed by atoms with Gasteiger partial charge < -0.3 is 10.5 Å². The third-order valence-electron chi connectivity index (χ3n) is 3.49. The van der Waals surface area contributed by atoms with Crippen molar-refractivity contribution in [2.75, 3.05) is 6.54 Å². The molecule has 0 aliphatic carbocycles. The van der Waals surface area contributed by atoms with Crippen LogP contribution in [0.25, 0.3) is 0 Å². The summed E-state index contributed by atoms with van der Waals surface area (Å²) >= 11 is 0. The fourth-order valence-electron chi connectivity index (χ4n) is 2.13. The van der Waals surface area contributed by atoms with Gasteiger partial charge in [-0.15, -0.1) is 0 Å². The first-order chi connectivity index (χ1) is 9.60. The van der Waals surface area contributed by atoms with Gasteiger partial charge in [0.05, 0.1) is 0 Å². The van der Waals surface area contributed by atoms with Crippen molar-refractivity contribution in [1.82, 2.24) is 0 Å². The molecule has 0 bridgehead atoms. The zero-order chi connectivity index (χ0) is 14.5. The highest BCUT2D eigenvalue weighted by molar-refractivity contribution is 5.30. The summed E-state index contributed by atoms with van der Waals surface area (Å²) in [6.45, 7) is 6.91. The Hall–Kier alpha value is -1.80. The molecule has 0 aromatic heterocycles. The van der Waals surface area contributed by atoms with Gasteiger partial charge in [-0.1, -0.05) is 55.8 Å². The van der Waals surface area contributed by atoms with E-state index in [2.05, 4.69) is 57.2 Å². The number of rotatable bonds is 5. The van der Waals surface area contributed by atoms with E-state index < -0.39 is 0 Å². The predicted molar refractivity (Wildman–Crippen MR) is 84.1 cm³/mol. The molecule has 0 saturated heterocycles. The summed E-state index contributed by atoms with van der Waals surface area (Å²) < 4.78 is 6.00. The van der Waals surface area contributed by atoms with E-state index >= 15 is 0 Å². The summed E-state index contributed by atoms with van der Waals surface area (Å²) in [6, 6.07) is 16.6. The van der Waals surface area contributed by atoms with Crippen LogP contribution >= 0.6 is 0 Å². The van der Waals surface area contributed by atoms with Crippen molar-refractivity contribution >= 4 is 0 Å². The molecule has 2 aromatic carbocycles. The van der Waals surface area contributed by atoms with E-state index in [4.69, 9.17) is 10.5 Å². The van der Waals surface area contributed by atoms with E-state index in [1.807, 2.05) is 12.1 Å². The number of benzene rings is 2. The smallest absolute Gasteiger partial charge is 0.136 e. The average Bonchev–Trinajstić information content (AvgIpc) is 2.46. The van der Waals surface area contributed by atoms with Gasteiger partial charge in [0.2, 0.25) is 0 Å². The summed E-state index contributed by atoms with van der Waals surface area (Å²) in [5.41, 5.74) is 9.52. The standard InChI is InChI=1S/C18H23NO/c1-13(2)15-8-10-17(11-9-15)20-18(12-19)16-6-4-14(3)5-7-16/h4-11,13,18H,12,19H2,1-3H3. The SMILES string of the molecule is Cc1ccc(C(CN)Oc2ccc(C(C)C)cc2)cc1. The van der Waals surface area contributed by atoms with Gasteiger partial charge in [0.15, 0.2) is 0 Å². The van der Waals surface area contributed by atoms with Gasteiger partial charge in [-0.3, -0.25) is 0 Å². The molecule has 1 unspecified atom stereocenters. The molecular weight excluding hydrogens is 246 g/mol. The van der Waals surface area contributed by atoms with Crippen LogP contribution in [0.15, 0.2) is 48.5 Å². The lowest BCUT2D eigenvalue weighted by Gasteiger charge is -2.18. The average molecular weight is 269 g/mol. The lowest BCUT2D eigenvalue weighted by Crippen LogP contribution is -2.18. The maximum atomic E-state index is 6.00. The van der Waals surface area contributed by atoms with Crippen molar-refractivity contribution in [3.63, 3.8) is 0 Å². The lowest BCUT2D eigenvalue weighted by atomic mass is 10.0. The Labute approximate surface area is 121 Å². The molecule has 20 heavy (non-hydrogen) atoms. The van der Waals surface area contributed by atoms with Gasteiger partial charge in [-0.05, 0) is 36.1 Å². The molecule has 2 nitrogen and oxygen atoms in total. The van der Waals surface area contributed by atoms with Crippen molar-refractivity contribution in [3.8, 4) is 5.75 Å². The molecule has 0 amide bonds. The molecular formula is C18H23NO. The third kappa shape index (κ3) is 3.61. The van der Waals surface area contributed by atoms with E-state index in [0.717, 1.165) is 11.3 Å². The normalized spacial score (nSPS) is 12.4. The van der Waals surface area contributed by atoms with E-state index in [0.29, 0.717) is 12.5 Å². The van der Waals surface area contributed by atoms with Crippen molar-refractivity contribution in [2.24, 2.45) is 5.73 Å².